The molecule has 1 amide bonds. The molecule has 0 unspecified atom stereocenters. The van der Waals surface area contributed by atoms with Gasteiger partial charge in [-0.25, -0.2) is 0 Å². The first kappa shape index (κ1) is 13.7. The Labute approximate surface area is 121 Å². The van der Waals surface area contributed by atoms with Crippen LogP contribution >= 0.6 is 23.2 Å². The molecule has 98 valence electrons. The molecule has 0 spiro atoms. The lowest BCUT2D eigenvalue weighted by Crippen LogP contribution is -2.15. The molecule has 3 nitrogen and oxygen atoms in total. The summed E-state index contributed by atoms with van der Waals surface area (Å²) in [5.41, 5.74) is 7.44. The zero-order valence-electron chi connectivity index (χ0n) is 9.99. The van der Waals surface area contributed by atoms with E-state index in [2.05, 4.69) is 5.32 Å². The van der Waals surface area contributed by atoms with E-state index in [0.717, 1.165) is 11.3 Å². The van der Waals surface area contributed by atoms with Crippen molar-refractivity contribution < 1.29 is 4.79 Å². The topological polar surface area (TPSA) is 55.1 Å². The first-order chi connectivity index (χ1) is 9.06. The molecule has 2 rings (SSSR count). The van der Waals surface area contributed by atoms with Crippen LogP contribution in [0.25, 0.3) is 0 Å². The van der Waals surface area contributed by atoms with E-state index in [1.54, 1.807) is 30.3 Å². The molecule has 5 heteroatoms. The number of halogens is 2. The smallest absolute Gasteiger partial charge is 0.249 e. The highest BCUT2D eigenvalue weighted by atomic mass is 35.5. The summed E-state index contributed by atoms with van der Waals surface area (Å²) in [5, 5.41) is 4.27. The van der Waals surface area contributed by atoms with Crippen molar-refractivity contribution in [2.24, 2.45) is 5.73 Å². The van der Waals surface area contributed by atoms with Crippen LogP contribution < -0.4 is 11.1 Å². The molecule has 0 saturated carbocycles. The summed E-state index contributed by atoms with van der Waals surface area (Å²) >= 11 is 11.8. The van der Waals surface area contributed by atoms with E-state index in [9.17, 15) is 4.79 Å². The van der Waals surface area contributed by atoms with Crippen LogP contribution in [0.15, 0.2) is 42.5 Å². The highest BCUT2D eigenvalue weighted by Crippen LogP contribution is 2.23. The second-order valence-electron chi connectivity index (χ2n) is 4.03. The molecule has 0 aromatic heterocycles. The van der Waals surface area contributed by atoms with Gasteiger partial charge in [-0.3, -0.25) is 4.79 Å². The third kappa shape index (κ3) is 3.63. The summed E-state index contributed by atoms with van der Waals surface area (Å²) < 4.78 is 0. The fourth-order valence-corrected chi connectivity index (χ4v) is 2.29. The van der Waals surface area contributed by atoms with Gasteiger partial charge in [-0.2, -0.15) is 0 Å². The fraction of sp³-hybridized carbons (Fsp3) is 0.0714. The Bertz CT molecular complexity index is 594. The third-order valence-corrected chi connectivity index (χ3v) is 3.06. The fourth-order valence-electron chi connectivity index (χ4n) is 1.77. The van der Waals surface area contributed by atoms with Gasteiger partial charge >= 0.3 is 0 Å². The maximum Gasteiger partial charge on any atom is 0.249 e. The normalized spacial score (nSPS) is 10.2. The number of amides is 1. The van der Waals surface area contributed by atoms with Crippen molar-refractivity contribution in [1.29, 1.82) is 0 Å². The number of carbonyl (C=O) groups excluding carboxylic acids is 1. The summed E-state index contributed by atoms with van der Waals surface area (Å²) in [6.45, 7) is 0.468. The quantitative estimate of drug-likeness (QED) is 0.903. The van der Waals surface area contributed by atoms with Crippen molar-refractivity contribution in [2.75, 3.05) is 5.32 Å². The molecular weight excluding hydrogens is 283 g/mol. The molecule has 0 saturated heterocycles. The molecule has 0 bridgehead atoms. The van der Waals surface area contributed by atoms with E-state index in [1.165, 1.54) is 0 Å². The first-order valence-corrected chi connectivity index (χ1v) is 6.39. The van der Waals surface area contributed by atoms with E-state index in [-0.39, 0.29) is 0 Å². The predicted octanol–water partition coefficient (Wildman–Crippen LogP) is 3.70. The van der Waals surface area contributed by atoms with E-state index < -0.39 is 5.91 Å². The van der Waals surface area contributed by atoms with Crippen molar-refractivity contribution in [3.63, 3.8) is 0 Å². The van der Waals surface area contributed by atoms with Crippen LogP contribution in [0.5, 0.6) is 0 Å². The number of hydrogen-bond donors (Lipinski definition) is 2. The lowest BCUT2D eigenvalue weighted by molar-refractivity contribution is 0.0999. The maximum absolute atomic E-state index is 11.3. The molecule has 0 radical (unpaired) electrons. The number of primary amides is 1. The molecule has 2 aromatic rings. The van der Waals surface area contributed by atoms with E-state index in [4.69, 9.17) is 28.9 Å². The molecule has 3 N–H and O–H groups in total. The van der Waals surface area contributed by atoms with Gasteiger partial charge in [0.15, 0.2) is 0 Å². The number of nitrogens with two attached hydrogens (primary N) is 1. The number of nitrogens with one attached hydrogen (secondary N) is 1. The largest absolute Gasteiger partial charge is 0.381 e. The van der Waals surface area contributed by atoms with Gasteiger partial charge in [0.25, 0.3) is 0 Å². The van der Waals surface area contributed by atoms with Gasteiger partial charge in [0.2, 0.25) is 5.91 Å². The maximum atomic E-state index is 11.3. The number of hydrogen-bond acceptors (Lipinski definition) is 2. The van der Waals surface area contributed by atoms with Crippen molar-refractivity contribution >= 4 is 34.8 Å². The van der Waals surface area contributed by atoms with Gasteiger partial charge in [0.1, 0.15) is 0 Å². The number of benzene rings is 2. The predicted molar refractivity (Wildman–Crippen MR) is 78.7 cm³/mol. The number of carbonyl (C=O) groups is 1. The minimum absolute atomic E-state index is 0.443. The molecular formula is C14H12Cl2N2O. The number of anilines is 1. The minimum atomic E-state index is -0.443. The first-order valence-electron chi connectivity index (χ1n) is 5.64. The Hall–Kier alpha value is -1.71. The summed E-state index contributed by atoms with van der Waals surface area (Å²) in [7, 11) is 0. The van der Waals surface area contributed by atoms with Crippen LogP contribution in [-0.4, -0.2) is 5.91 Å². The van der Waals surface area contributed by atoms with Crippen LogP contribution in [0.3, 0.4) is 0 Å². The summed E-state index contributed by atoms with van der Waals surface area (Å²) in [4.78, 5) is 11.3. The van der Waals surface area contributed by atoms with Crippen LogP contribution in [0.4, 0.5) is 5.69 Å². The highest BCUT2D eigenvalue weighted by Gasteiger charge is 2.07. The van der Waals surface area contributed by atoms with E-state index in [1.807, 2.05) is 12.1 Å². The molecule has 0 fully saturated rings. The average molecular weight is 295 g/mol. The molecule has 0 atom stereocenters. The number of rotatable bonds is 4. The molecule has 0 heterocycles. The second-order valence-corrected chi connectivity index (χ2v) is 4.91. The van der Waals surface area contributed by atoms with Gasteiger partial charge in [0.05, 0.1) is 0 Å². The van der Waals surface area contributed by atoms with E-state index in [0.29, 0.717) is 22.2 Å². The Kier molecular flexibility index (Phi) is 4.30. The second kappa shape index (κ2) is 5.95. The minimum Gasteiger partial charge on any atom is -0.381 e. The summed E-state index contributed by atoms with van der Waals surface area (Å²) in [6.07, 6.45) is 0. The third-order valence-electron chi connectivity index (χ3n) is 2.63. The Morgan fingerprint density at radius 2 is 1.74 bits per heavy atom. The lowest BCUT2D eigenvalue weighted by atomic mass is 10.1. The monoisotopic (exact) mass is 294 g/mol. The molecule has 0 aliphatic heterocycles. The Morgan fingerprint density at radius 1 is 1.11 bits per heavy atom. The van der Waals surface area contributed by atoms with Crippen LogP contribution in [0.1, 0.15) is 15.9 Å². The SMILES string of the molecule is NC(=O)c1ccccc1CNc1cc(Cl)cc(Cl)c1. The van der Waals surface area contributed by atoms with Gasteiger partial charge in [-0.15, -0.1) is 0 Å². The molecule has 0 aliphatic rings. The lowest BCUT2D eigenvalue weighted by Gasteiger charge is -2.10. The van der Waals surface area contributed by atoms with Gasteiger partial charge in [0, 0.05) is 27.8 Å². The molecule has 19 heavy (non-hydrogen) atoms. The van der Waals surface area contributed by atoms with E-state index >= 15 is 0 Å². The Morgan fingerprint density at radius 3 is 2.37 bits per heavy atom. The van der Waals surface area contributed by atoms with Crippen molar-refractivity contribution in [3.05, 3.63) is 63.6 Å². The molecule has 0 aliphatic carbocycles. The standard InChI is InChI=1S/C14H12Cl2N2O/c15-10-5-11(16)7-12(6-10)18-8-9-3-1-2-4-13(9)14(17)19/h1-7,18H,8H2,(H2,17,19). The zero-order chi connectivity index (χ0) is 13.8. The van der Waals surface area contributed by atoms with Crippen LogP contribution in [0, 0.1) is 0 Å². The zero-order valence-corrected chi connectivity index (χ0v) is 11.5. The van der Waals surface area contributed by atoms with Gasteiger partial charge in [-0.05, 0) is 29.8 Å². The van der Waals surface area contributed by atoms with Crippen LogP contribution in [-0.2, 0) is 6.54 Å². The Balaban J connectivity index is 2.16. The van der Waals surface area contributed by atoms with Gasteiger partial charge in [-0.1, -0.05) is 41.4 Å². The average Bonchev–Trinajstić information content (AvgIpc) is 2.35. The van der Waals surface area contributed by atoms with Crippen molar-refractivity contribution in [2.45, 2.75) is 6.54 Å². The van der Waals surface area contributed by atoms with Gasteiger partial charge < -0.3 is 11.1 Å². The van der Waals surface area contributed by atoms with Crippen LogP contribution in [0.2, 0.25) is 10.0 Å². The molecule has 2 aromatic carbocycles. The highest BCUT2D eigenvalue weighted by molar-refractivity contribution is 6.35. The summed E-state index contributed by atoms with van der Waals surface area (Å²) in [6, 6.07) is 12.4. The summed E-state index contributed by atoms with van der Waals surface area (Å²) in [5.74, 6) is -0.443. The van der Waals surface area contributed by atoms with Crippen molar-refractivity contribution in [1.82, 2.24) is 0 Å². The van der Waals surface area contributed by atoms with Crippen molar-refractivity contribution in [3.8, 4) is 0 Å².